The first-order valence-corrected chi connectivity index (χ1v) is 9.75. The fourth-order valence-corrected chi connectivity index (χ4v) is 3.26. The number of carboxylic acid groups (broad SMARTS) is 1. The van der Waals surface area contributed by atoms with Crippen LogP contribution < -0.4 is 10.1 Å². The van der Waals surface area contributed by atoms with Crippen LogP contribution in [0.4, 0.5) is 11.4 Å². The van der Waals surface area contributed by atoms with E-state index < -0.39 is 5.97 Å². The Morgan fingerprint density at radius 3 is 2.47 bits per heavy atom. The van der Waals surface area contributed by atoms with Crippen molar-refractivity contribution in [1.82, 2.24) is 4.98 Å². The van der Waals surface area contributed by atoms with Crippen LogP contribution in [0.2, 0.25) is 5.02 Å². The minimum Gasteiger partial charge on any atom is -0.489 e. The lowest BCUT2D eigenvalue weighted by Crippen LogP contribution is -1.99. The highest BCUT2D eigenvalue weighted by molar-refractivity contribution is 6.30. The summed E-state index contributed by atoms with van der Waals surface area (Å²) in [6.45, 7) is 2.36. The van der Waals surface area contributed by atoms with Crippen LogP contribution in [0.5, 0.6) is 5.75 Å². The molecule has 0 atom stereocenters. The number of anilines is 2. The third-order valence-electron chi connectivity index (χ3n) is 4.64. The topological polar surface area (TPSA) is 71.5 Å². The van der Waals surface area contributed by atoms with Crippen LogP contribution in [0.3, 0.4) is 0 Å². The van der Waals surface area contributed by atoms with Gasteiger partial charge in [0.05, 0.1) is 11.1 Å². The number of aromatic carboxylic acids is 1. The molecular weight excluding hydrogens is 400 g/mol. The first kappa shape index (κ1) is 19.7. The lowest BCUT2D eigenvalue weighted by molar-refractivity contribution is 0.0697. The molecule has 1 heterocycles. The molecule has 6 heteroatoms. The third-order valence-corrected chi connectivity index (χ3v) is 4.89. The molecule has 30 heavy (non-hydrogen) atoms. The summed E-state index contributed by atoms with van der Waals surface area (Å²) in [7, 11) is 0. The Morgan fingerprint density at radius 1 is 1.03 bits per heavy atom. The smallest absolute Gasteiger partial charge is 0.335 e. The molecule has 4 rings (SSSR count). The van der Waals surface area contributed by atoms with Gasteiger partial charge in [-0.25, -0.2) is 4.79 Å². The predicted octanol–water partition coefficient (Wildman–Crippen LogP) is 6.22. The van der Waals surface area contributed by atoms with Gasteiger partial charge in [-0.15, -0.1) is 0 Å². The highest BCUT2D eigenvalue weighted by atomic mass is 35.5. The van der Waals surface area contributed by atoms with Crippen molar-refractivity contribution < 1.29 is 14.6 Å². The molecule has 0 amide bonds. The summed E-state index contributed by atoms with van der Waals surface area (Å²) >= 11 is 5.90. The number of hydrogen-bond donors (Lipinski definition) is 2. The van der Waals surface area contributed by atoms with Crippen molar-refractivity contribution in [1.29, 1.82) is 0 Å². The molecule has 5 nitrogen and oxygen atoms in total. The number of nitrogens with zero attached hydrogens (tertiary/aromatic N) is 1. The highest BCUT2D eigenvalue weighted by Crippen LogP contribution is 2.28. The van der Waals surface area contributed by atoms with Crippen molar-refractivity contribution in [3.8, 4) is 5.75 Å². The number of pyridine rings is 1. The molecule has 0 aliphatic heterocycles. The molecule has 1 aromatic heterocycles. The monoisotopic (exact) mass is 418 g/mol. The first-order chi connectivity index (χ1) is 14.5. The quantitative estimate of drug-likeness (QED) is 0.389. The van der Waals surface area contributed by atoms with Crippen molar-refractivity contribution in [2.45, 2.75) is 13.5 Å². The van der Waals surface area contributed by atoms with Crippen LogP contribution in [-0.4, -0.2) is 16.1 Å². The molecule has 0 bridgehead atoms. The van der Waals surface area contributed by atoms with Gasteiger partial charge in [0, 0.05) is 27.5 Å². The average molecular weight is 419 g/mol. The van der Waals surface area contributed by atoms with E-state index in [0.29, 0.717) is 11.6 Å². The van der Waals surface area contributed by atoms with Gasteiger partial charge < -0.3 is 15.2 Å². The van der Waals surface area contributed by atoms with Crippen LogP contribution >= 0.6 is 11.6 Å². The van der Waals surface area contributed by atoms with E-state index in [9.17, 15) is 9.90 Å². The second-order valence-corrected chi connectivity index (χ2v) is 7.35. The average Bonchev–Trinajstić information content (AvgIpc) is 2.74. The van der Waals surface area contributed by atoms with Crippen molar-refractivity contribution in [3.05, 3.63) is 94.6 Å². The second-order valence-electron chi connectivity index (χ2n) is 6.91. The Morgan fingerprint density at radius 2 is 1.77 bits per heavy atom. The van der Waals surface area contributed by atoms with Gasteiger partial charge in [0.25, 0.3) is 0 Å². The van der Waals surface area contributed by atoms with Gasteiger partial charge in [-0.2, -0.15) is 0 Å². The summed E-state index contributed by atoms with van der Waals surface area (Å²) in [5.41, 5.74) is 4.51. The number of benzene rings is 3. The Hall–Kier alpha value is -3.57. The molecule has 0 fully saturated rings. The van der Waals surface area contributed by atoms with Crippen molar-refractivity contribution in [2.24, 2.45) is 0 Å². The van der Waals surface area contributed by atoms with E-state index in [1.54, 1.807) is 18.2 Å². The van der Waals surface area contributed by atoms with E-state index >= 15 is 0 Å². The Bertz CT molecular complexity index is 1210. The minimum absolute atomic E-state index is 0.224. The number of hydrogen-bond acceptors (Lipinski definition) is 4. The molecule has 0 aliphatic carbocycles. The van der Waals surface area contributed by atoms with E-state index in [1.165, 1.54) is 0 Å². The Kier molecular flexibility index (Phi) is 5.55. The number of aryl methyl sites for hydroxylation is 1. The summed E-state index contributed by atoms with van der Waals surface area (Å²) < 4.78 is 5.82. The summed E-state index contributed by atoms with van der Waals surface area (Å²) in [4.78, 5) is 15.8. The number of nitrogens with one attached hydrogen (secondary N) is 1. The summed E-state index contributed by atoms with van der Waals surface area (Å²) in [6.07, 6.45) is 0. The standard InChI is InChI=1S/C24H19ClN2O3/c1-15-12-23(21-13-17(24(28)29)4-11-22(21)26-15)27-19-7-9-20(10-8-19)30-14-16-2-5-18(25)6-3-16/h2-13H,14H2,1H3,(H,26,27)(H,28,29). The first-order valence-electron chi connectivity index (χ1n) is 9.37. The molecule has 150 valence electrons. The van der Waals surface area contributed by atoms with Crippen molar-refractivity contribution in [2.75, 3.05) is 5.32 Å². The van der Waals surface area contributed by atoms with Crippen LogP contribution in [0.15, 0.2) is 72.8 Å². The summed E-state index contributed by atoms with van der Waals surface area (Å²) in [5.74, 6) is -0.218. The van der Waals surface area contributed by atoms with Crippen molar-refractivity contribution in [3.63, 3.8) is 0 Å². The fourth-order valence-electron chi connectivity index (χ4n) is 3.13. The molecule has 0 saturated carbocycles. The number of carbonyl (C=O) groups is 1. The van der Waals surface area contributed by atoms with Crippen LogP contribution in [0.1, 0.15) is 21.6 Å². The Balaban J connectivity index is 1.52. The zero-order valence-electron chi connectivity index (χ0n) is 16.2. The van der Waals surface area contributed by atoms with E-state index in [0.717, 1.165) is 39.3 Å². The molecule has 0 radical (unpaired) electrons. The molecule has 2 N–H and O–H groups in total. The van der Waals surface area contributed by atoms with E-state index in [-0.39, 0.29) is 5.56 Å². The highest BCUT2D eigenvalue weighted by Gasteiger charge is 2.09. The number of aromatic nitrogens is 1. The largest absolute Gasteiger partial charge is 0.489 e. The number of rotatable bonds is 6. The summed E-state index contributed by atoms with van der Waals surface area (Å²) in [5, 5.41) is 14.1. The molecule has 4 aromatic rings. The van der Waals surface area contributed by atoms with E-state index in [4.69, 9.17) is 16.3 Å². The number of carboxylic acids is 1. The molecule has 0 saturated heterocycles. The maximum Gasteiger partial charge on any atom is 0.335 e. The van der Waals surface area contributed by atoms with Crippen molar-refractivity contribution >= 4 is 39.8 Å². The van der Waals surface area contributed by atoms with E-state index in [1.807, 2.05) is 61.5 Å². The van der Waals surface area contributed by atoms with Crippen LogP contribution in [0.25, 0.3) is 10.9 Å². The maximum absolute atomic E-state index is 11.3. The SMILES string of the molecule is Cc1cc(Nc2ccc(OCc3ccc(Cl)cc3)cc2)c2cc(C(=O)O)ccc2n1. The number of fused-ring (bicyclic) bond motifs is 1. The van der Waals surface area contributed by atoms with Gasteiger partial charge in [0.15, 0.2) is 0 Å². The lowest BCUT2D eigenvalue weighted by atomic mass is 10.1. The number of halogens is 1. The molecule has 3 aromatic carbocycles. The molecule has 0 unspecified atom stereocenters. The summed E-state index contributed by atoms with van der Waals surface area (Å²) in [6, 6.07) is 22.0. The van der Waals surface area contributed by atoms with Gasteiger partial charge >= 0.3 is 5.97 Å². The van der Waals surface area contributed by atoms with Gasteiger partial charge in [-0.05, 0) is 73.2 Å². The Labute approximate surface area is 178 Å². The normalized spacial score (nSPS) is 10.7. The zero-order chi connectivity index (χ0) is 21.1. The van der Waals surface area contributed by atoms with Crippen LogP contribution in [-0.2, 0) is 6.61 Å². The lowest BCUT2D eigenvalue weighted by Gasteiger charge is -2.12. The molecule has 0 aliphatic rings. The minimum atomic E-state index is -0.967. The zero-order valence-corrected chi connectivity index (χ0v) is 17.0. The fraction of sp³-hybridized carbons (Fsp3) is 0.0833. The van der Waals surface area contributed by atoms with Gasteiger partial charge in [0.2, 0.25) is 0 Å². The maximum atomic E-state index is 11.3. The second kappa shape index (κ2) is 8.43. The molecular formula is C24H19ClN2O3. The third kappa shape index (κ3) is 4.53. The number of ether oxygens (including phenoxy) is 1. The van der Waals surface area contributed by atoms with Gasteiger partial charge in [-0.3, -0.25) is 4.98 Å². The molecule has 0 spiro atoms. The van der Waals surface area contributed by atoms with Gasteiger partial charge in [0.1, 0.15) is 12.4 Å². The van der Waals surface area contributed by atoms with Gasteiger partial charge in [-0.1, -0.05) is 23.7 Å². The predicted molar refractivity (Wildman–Crippen MR) is 119 cm³/mol. The van der Waals surface area contributed by atoms with Crippen LogP contribution in [0, 0.1) is 6.92 Å². The van der Waals surface area contributed by atoms with E-state index in [2.05, 4.69) is 10.3 Å².